The minimum absolute atomic E-state index is 0.152. The quantitative estimate of drug-likeness (QED) is 0.464. The summed E-state index contributed by atoms with van der Waals surface area (Å²) in [7, 11) is 0. The van der Waals surface area contributed by atoms with Gasteiger partial charge >= 0.3 is 5.97 Å². The van der Waals surface area contributed by atoms with Crippen molar-refractivity contribution in [3.05, 3.63) is 74.2 Å². The first kappa shape index (κ1) is 22.6. The zero-order valence-electron chi connectivity index (χ0n) is 16.6. The first-order valence-corrected chi connectivity index (χ1v) is 10.9. The average Bonchev–Trinajstić information content (AvgIpc) is 3.15. The van der Waals surface area contributed by atoms with Crippen LogP contribution in [-0.4, -0.2) is 28.3 Å². The normalized spacial score (nSPS) is 12.9. The molecule has 4 rings (SSSR count). The summed E-state index contributed by atoms with van der Waals surface area (Å²) in [6.45, 7) is -0.549. The molecule has 0 radical (unpaired) electrons. The van der Waals surface area contributed by atoms with E-state index in [-0.39, 0.29) is 27.2 Å². The highest BCUT2D eigenvalue weighted by Gasteiger charge is 2.27. The van der Waals surface area contributed by atoms with Crippen molar-refractivity contribution in [2.75, 3.05) is 11.9 Å². The van der Waals surface area contributed by atoms with Gasteiger partial charge in [-0.1, -0.05) is 34.8 Å². The molecule has 1 aliphatic rings. The Kier molecular flexibility index (Phi) is 6.69. The van der Waals surface area contributed by atoms with Crippen molar-refractivity contribution in [1.82, 2.24) is 9.78 Å². The lowest BCUT2D eigenvalue weighted by Gasteiger charge is -2.14. The third-order valence-electron chi connectivity index (χ3n) is 5.05. The highest BCUT2D eigenvalue weighted by Crippen LogP contribution is 2.33. The molecule has 1 N–H and O–H groups in total. The number of carbonyl (C=O) groups excluding carboxylic acids is 2. The zero-order valence-corrected chi connectivity index (χ0v) is 18.9. The largest absolute Gasteiger partial charge is 0.451 e. The lowest BCUT2D eigenvalue weighted by molar-refractivity contribution is -0.119. The number of fused-ring (bicyclic) bond motifs is 1. The molecule has 6 nitrogen and oxygen atoms in total. The van der Waals surface area contributed by atoms with Crippen molar-refractivity contribution in [2.24, 2.45) is 0 Å². The fraction of sp³-hybridized carbons (Fsp3) is 0.227. The SMILES string of the molecule is O=C(COC(=O)c1nn(-c2ccc(F)cc2)c2c1CCCC2)Nc1c(Cl)cc(Cl)cc1Cl. The highest BCUT2D eigenvalue weighted by atomic mass is 35.5. The Hall–Kier alpha value is -2.61. The van der Waals surface area contributed by atoms with Crippen LogP contribution in [0.25, 0.3) is 5.69 Å². The van der Waals surface area contributed by atoms with Gasteiger partial charge in [-0.2, -0.15) is 5.10 Å². The van der Waals surface area contributed by atoms with Gasteiger partial charge in [-0.15, -0.1) is 0 Å². The van der Waals surface area contributed by atoms with Crippen LogP contribution in [0.4, 0.5) is 10.1 Å². The molecule has 0 atom stereocenters. The summed E-state index contributed by atoms with van der Waals surface area (Å²) >= 11 is 18.0. The number of nitrogens with one attached hydrogen (secondary N) is 1. The second kappa shape index (κ2) is 9.48. The summed E-state index contributed by atoms with van der Waals surface area (Å²) in [5.41, 5.74) is 2.65. The summed E-state index contributed by atoms with van der Waals surface area (Å²) in [5, 5.41) is 7.58. The van der Waals surface area contributed by atoms with Crippen molar-refractivity contribution in [3.8, 4) is 5.69 Å². The Labute approximate surface area is 198 Å². The molecule has 1 aromatic heterocycles. The fourth-order valence-electron chi connectivity index (χ4n) is 3.60. The number of benzene rings is 2. The van der Waals surface area contributed by atoms with Crippen LogP contribution in [0.15, 0.2) is 36.4 Å². The van der Waals surface area contributed by atoms with Gasteiger partial charge in [0, 0.05) is 16.3 Å². The van der Waals surface area contributed by atoms with E-state index in [0.29, 0.717) is 17.1 Å². The molecule has 1 aliphatic carbocycles. The number of hydrogen-bond donors (Lipinski definition) is 1. The number of amides is 1. The van der Waals surface area contributed by atoms with Crippen molar-refractivity contribution >= 4 is 52.4 Å². The van der Waals surface area contributed by atoms with E-state index in [2.05, 4.69) is 10.4 Å². The van der Waals surface area contributed by atoms with E-state index in [9.17, 15) is 14.0 Å². The van der Waals surface area contributed by atoms with Gasteiger partial charge in [0.15, 0.2) is 12.3 Å². The van der Waals surface area contributed by atoms with E-state index in [1.807, 2.05) is 0 Å². The molecule has 0 fully saturated rings. The Balaban J connectivity index is 1.50. The van der Waals surface area contributed by atoms with Gasteiger partial charge in [0.1, 0.15) is 5.82 Å². The number of anilines is 1. The molecule has 0 unspecified atom stereocenters. The van der Waals surface area contributed by atoms with E-state index in [1.165, 1.54) is 24.3 Å². The van der Waals surface area contributed by atoms with E-state index in [4.69, 9.17) is 39.5 Å². The maximum atomic E-state index is 13.3. The van der Waals surface area contributed by atoms with Crippen LogP contribution in [0.2, 0.25) is 15.1 Å². The number of aromatic nitrogens is 2. The van der Waals surface area contributed by atoms with Crippen LogP contribution in [0, 0.1) is 5.82 Å². The Morgan fingerprint density at radius 1 is 1.06 bits per heavy atom. The number of nitrogens with zero attached hydrogens (tertiary/aromatic N) is 2. The topological polar surface area (TPSA) is 73.2 Å². The van der Waals surface area contributed by atoms with Crippen molar-refractivity contribution in [3.63, 3.8) is 0 Å². The van der Waals surface area contributed by atoms with Gasteiger partial charge in [0.2, 0.25) is 0 Å². The molecular weight excluding hydrogens is 480 g/mol. The number of rotatable bonds is 5. The van der Waals surface area contributed by atoms with Gasteiger partial charge in [-0.3, -0.25) is 4.79 Å². The Bertz CT molecular complexity index is 1170. The van der Waals surface area contributed by atoms with E-state index in [0.717, 1.165) is 30.5 Å². The van der Waals surface area contributed by atoms with Crippen LogP contribution >= 0.6 is 34.8 Å². The predicted molar refractivity (Wildman–Crippen MR) is 121 cm³/mol. The molecule has 3 aromatic rings. The second-order valence-corrected chi connectivity index (χ2v) is 8.49. The molecule has 1 amide bonds. The fourth-order valence-corrected chi connectivity index (χ4v) is 4.51. The van der Waals surface area contributed by atoms with Gasteiger partial charge in [-0.05, 0) is 62.1 Å². The van der Waals surface area contributed by atoms with Crippen LogP contribution in [-0.2, 0) is 22.4 Å². The van der Waals surface area contributed by atoms with E-state index >= 15 is 0 Å². The van der Waals surface area contributed by atoms with Crippen LogP contribution < -0.4 is 5.32 Å². The smallest absolute Gasteiger partial charge is 0.359 e. The maximum Gasteiger partial charge on any atom is 0.359 e. The molecule has 1 heterocycles. The number of esters is 1. The van der Waals surface area contributed by atoms with E-state index < -0.39 is 18.5 Å². The molecule has 0 saturated heterocycles. The molecule has 0 saturated carbocycles. The standard InChI is InChI=1S/C22H17Cl3FN3O3/c23-12-9-16(24)21(17(25)10-12)27-19(30)11-32-22(31)20-15-3-1-2-4-18(15)29(28-20)14-7-5-13(26)6-8-14/h5-10H,1-4,11H2,(H,27,30). The summed E-state index contributed by atoms with van der Waals surface area (Å²) in [6.07, 6.45) is 3.28. The maximum absolute atomic E-state index is 13.3. The summed E-state index contributed by atoms with van der Waals surface area (Å²) in [6, 6.07) is 8.73. The molecule has 2 aromatic carbocycles. The number of ether oxygens (including phenoxy) is 1. The summed E-state index contributed by atoms with van der Waals surface area (Å²) < 4.78 is 20.1. The molecule has 166 valence electrons. The van der Waals surface area contributed by atoms with Gasteiger partial charge in [0.05, 0.1) is 21.4 Å². The molecule has 10 heteroatoms. The molecule has 0 bridgehead atoms. The molecule has 0 spiro atoms. The Morgan fingerprint density at radius 3 is 2.41 bits per heavy atom. The van der Waals surface area contributed by atoms with Crippen LogP contribution in [0.3, 0.4) is 0 Å². The average molecular weight is 497 g/mol. The van der Waals surface area contributed by atoms with Crippen molar-refractivity contribution in [2.45, 2.75) is 25.7 Å². The molecule has 0 aliphatic heterocycles. The van der Waals surface area contributed by atoms with Crippen molar-refractivity contribution < 1.29 is 18.7 Å². The first-order chi connectivity index (χ1) is 15.3. The van der Waals surface area contributed by atoms with Crippen LogP contribution in [0.1, 0.15) is 34.6 Å². The zero-order chi connectivity index (χ0) is 22.8. The number of hydrogen-bond acceptors (Lipinski definition) is 4. The molecule has 32 heavy (non-hydrogen) atoms. The number of carbonyl (C=O) groups is 2. The highest BCUT2D eigenvalue weighted by molar-refractivity contribution is 6.42. The van der Waals surface area contributed by atoms with Gasteiger partial charge in [-0.25, -0.2) is 13.9 Å². The number of halogens is 4. The predicted octanol–water partition coefficient (Wildman–Crippen LogP) is 5.65. The summed E-state index contributed by atoms with van der Waals surface area (Å²) in [5.74, 6) is -1.69. The monoisotopic (exact) mass is 495 g/mol. The summed E-state index contributed by atoms with van der Waals surface area (Å²) in [4.78, 5) is 25.0. The Morgan fingerprint density at radius 2 is 1.72 bits per heavy atom. The third kappa shape index (κ3) is 4.75. The lowest BCUT2D eigenvalue weighted by Crippen LogP contribution is -2.22. The second-order valence-electron chi connectivity index (χ2n) is 7.24. The van der Waals surface area contributed by atoms with Crippen molar-refractivity contribution in [1.29, 1.82) is 0 Å². The van der Waals surface area contributed by atoms with Gasteiger partial charge < -0.3 is 10.1 Å². The minimum Gasteiger partial charge on any atom is -0.451 e. The lowest BCUT2D eigenvalue weighted by atomic mass is 9.95. The third-order valence-corrected chi connectivity index (χ3v) is 5.86. The molecular formula is C22H17Cl3FN3O3. The van der Waals surface area contributed by atoms with E-state index in [1.54, 1.807) is 16.8 Å². The van der Waals surface area contributed by atoms with Gasteiger partial charge in [0.25, 0.3) is 5.91 Å². The minimum atomic E-state index is -0.715. The van der Waals surface area contributed by atoms with Crippen LogP contribution in [0.5, 0.6) is 0 Å². The first-order valence-electron chi connectivity index (χ1n) is 9.81.